The normalized spacial score (nSPS) is 11.3. The molecule has 8 nitrogen and oxygen atoms in total. The van der Waals surface area contributed by atoms with E-state index in [0.29, 0.717) is 21.4 Å². The van der Waals surface area contributed by atoms with Gasteiger partial charge in [0.15, 0.2) is 9.84 Å². The van der Waals surface area contributed by atoms with Gasteiger partial charge in [0, 0.05) is 11.4 Å². The molecule has 0 saturated heterocycles. The molecule has 3 rings (SSSR count). The highest BCUT2D eigenvalue weighted by molar-refractivity contribution is 7.91. The lowest BCUT2D eigenvalue weighted by Gasteiger charge is -2.05. The molecule has 1 aromatic heterocycles. The van der Waals surface area contributed by atoms with Gasteiger partial charge in [0.25, 0.3) is 5.89 Å². The quantitative estimate of drug-likeness (QED) is 0.524. The summed E-state index contributed by atoms with van der Waals surface area (Å²) >= 11 is 12.0. The molecule has 3 aromatic rings. The fraction of sp³-hybridized carbons (Fsp3) is 0.211. The fourth-order valence-electron chi connectivity index (χ4n) is 2.55. The number of amides is 1. The zero-order valence-electron chi connectivity index (χ0n) is 15.8. The molecule has 1 amide bonds. The summed E-state index contributed by atoms with van der Waals surface area (Å²) in [4.78, 5) is 12.3. The summed E-state index contributed by atoms with van der Waals surface area (Å²) in [5, 5.41) is 10.8. The first-order valence-corrected chi connectivity index (χ1v) is 11.1. The molecule has 0 bridgehead atoms. The Morgan fingerprint density at radius 2 is 1.87 bits per heavy atom. The van der Waals surface area contributed by atoms with E-state index in [1.54, 1.807) is 30.3 Å². The Bertz CT molecular complexity index is 1150. The Morgan fingerprint density at radius 1 is 1.13 bits per heavy atom. The van der Waals surface area contributed by atoms with Crippen molar-refractivity contribution in [2.45, 2.75) is 17.7 Å². The van der Waals surface area contributed by atoms with Crippen LogP contribution in [0.15, 0.2) is 51.8 Å². The number of methoxy groups -OCH3 is 1. The Hall–Kier alpha value is -2.62. The number of ether oxygens (including phenoxy) is 1. The molecule has 0 fully saturated rings. The van der Waals surface area contributed by atoms with Crippen LogP contribution in [0.1, 0.15) is 12.8 Å². The van der Waals surface area contributed by atoms with Crippen molar-refractivity contribution in [1.82, 2.24) is 10.2 Å². The van der Waals surface area contributed by atoms with E-state index in [1.807, 2.05) is 0 Å². The average Bonchev–Trinajstić information content (AvgIpc) is 3.17. The molecule has 0 aliphatic carbocycles. The van der Waals surface area contributed by atoms with Crippen LogP contribution in [0.4, 0.5) is 6.01 Å². The number of sulfone groups is 1. The molecule has 158 valence electrons. The number of nitrogens with one attached hydrogen (secondary N) is 1. The van der Waals surface area contributed by atoms with Gasteiger partial charge < -0.3 is 9.15 Å². The summed E-state index contributed by atoms with van der Waals surface area (Å²) in [6, 6.07) is 10.7. The first-order chi connectivity index (χ1) is 14.3. The third kappa shape index (κ3) is 5.50. The smallest absolute Gasteiger partial charge is 0.322 e. The minimum Gasteiger partial charge on any atom is -0.497 e. The number of hydrogen-bond donors (Lipinski definition) is 1. The van der Waals surface area contributed by atoms with Gasteiger partial charge in [-0.3, -0.25) is 10.1 Å². The number of halogens is 2. The van der Waals surface area contributed by atoms with Crippen LogP contribution in [0, 0.1) is 0 Å². The van der Waals surface area contributed by atoms with Crippen LogP contribution in [0.2, 0.25) is 10.0 Å². The summed E-state index contributed by atoms with van der Waals surface area (Å²) in [6.45, 7) is 0. The van der Waals surface area contributed by atoms with E-state index < -0.39 is 15.7 Å². The molecular formula is C19H17Cl2N3O5S. The molecule has 1 heterocycles. The maximum atomic E-state index is 12.4. The van der Waals surface area contributed by atoms with Gasteiger partial charge in [-0.15, -0.1) is 5.10 Å². The van der Waals surface area contributed by atoms with Gasteiger partial charge in [0.05, 0.1) is 28.3 Å². The number of anilines is 1. The average molecular weight is 470 g/mol. The predicted octanol–water partition coefficient (Wildman–Crippen LogP) is 4.24. The van der Waals surface area contributed by atoms with Crippen molar-refractivity contribution in [3.63, 3.8) is 0 Å². The minimum atomic E-state index is -3.51. The Labute approximate surface area is 183 Å². The van der Waals surface area contributed by atoms with Crippen molar-refractivity contribution in [3.05, 3.63) is 52.5 Å². The van der Waals surface area contributed by atoms with E-state index in [0.717, 1.165) is 0 Å². The molecule has 0 aliphatic rings. The maximum absolute atomic E-state index is 12.4. The molecular weight excluding hydrogens is 453 g/mol. The van der Waals surface area contributed by atoms with Gasteiger partial charge in [0.2, 0.25) is 5.91 Å². The zero-order chi connectivity index (χ0) is 21.7. The SMILES string of the molecule is COc1ccc(S(=O)(=O)CCCC(=O)Nc2nnc(-c3cc(Cl)ccc3Cl)o2)cc1. The van der Waals surface area contributed by atoms with Gasteiger partial charge in [-0.25, -0.2) is 8.42 Å². The standard InChI is InChI=1S/C19H17Cl2N3O5S/c1-28-13-5-7-14(8-6-13)30(26,27)10-2-3-17(25)22-19-24-23-18(29-19)15-11-12(20)4-9-16(15)21/h4-9,11H,2-3,10H2,1H3,(H,22,24,25). The van der Waals surface area contributed by atoms with E-state index in [1.165, 1.54) is 19.2 Å². The lowest BCUT2D eigenvalue weighted by molar-refractivity contribution is -0.116. The van der Waals surface area contributed by atoms with Crippen LogP contribution >= 0.6 is 23.2 Å². The number of carbonyl (C=O) groups is 1. The molecule has 0 spiro atoms. The van der Waals surface area contributed by atoms with E-state index in [2.05, 4.69) is 15.5 Å². The summed E-state index contributed by atoms with van der Waals surface area (Å²) in [5.41, 5.74) is 0.433. The third-order valence-electron chi connectivity index (χ3n) is 4.07. The van der Waals surface area contributed by atoms with Crippen molar-refractivity contribution in [2.24, 2.45) is 0 Å². The summed E-state index contributed by atoms with van der Waals surface area (Å²) in [6.07, 6.45) is 0.0896. The highest BCUT2D eigenvalue weighted by Gasteiger charge is 2.17. The first kappa shape index (κ1) is 22.1. The predicted molar refractivity (Wildman–Crippen MR) is 113 cm³/mol. The molecule has 0 atom stereocenters. The number of hydrogen-bond acceptors (Lipinski definition) is 7. The van der Waals surface area contributed by atoms with Crippen molar-refractivity contribution in [1.29, 1.82) is 0 Å². The number of aromatic nitrogens is 2. The van der Waals surface area contributed by atoms with Gasteiger partial charge in [-0.1, -0.05) is 28.3 Å². The molecule has 0 radical (unpaired) electrons. The Balaban J connectivity index is 1.55. The summed E-state index contributed by atoms with van der Waals surface area (Å²) < 4.78 is 35.1. The molecule has 0 aliphatic heterocycles. The molecule has 11 heteroatoms. The summed E-state index contributed by atoms with van der Waals surface area (Å²) in [7, 11) is -2.01. The van der Waals surface area contributed by atoms with Gasteiger partial charge in [0.1, 0.15) is 5.75 Å². The molecule has 1 N–H and O–H groups in total. The lowest BCUT2D eigenvalue weighted by atomic mass is 10.2. The highest BCUT2D eigenvalue weighted by Crippen LogP contribution is 2.30. The zero-order valence-corrected chi connectivity index (χ0v) is 18.1. The number of carbonyl (C=O) groups excluding carboxylic acids is 1. The van der Waals surface area contributed by atoms with Crippen molar-refractivity contribution >= 4 is 45.0 Å². The fourth-order valence-corrected chi connectivity index (χ4v) is 4.23. The molecule has 30 heavy (non-hydrogen) atoms. The minimum absolute atomic E-state index is 0.0367. The second-order valence-electron chi connectivity index (χ2n) is 6.18. The molecule has 2 aromatic carbocycles. The van der Waals surface area contributed by atoms with Crippen molar-refractivity contribution in [3.8, 4) is 17.2 Å². The largest absolute Gasteiger partial charge is 0.497 e. The van der Waals surface area contributed by atoms with E-state index in [9.17, 15) is 13.2 Å². The van der Waals surface area contributed by atoms with Crippen LogP contribution in [0.3, 0.4) is 0 Å². The second-order valence-corrected chi connectivity index (χ2v) is 9.14. The monoisotopic (exact) mass is 469 g/mol. The van der Waals surface area contributed by atoms with Gasteiger partial charge >= 0.3 is 6.01 Å². The van der Waals surface area contributed by atoms with E-state index >= 15 is 0 Å². The first-order valence-electron chi connectivity index (χ1n) is 8.74. The number of benzene rings is 2. The van der Waals surface area contributed by atoms with Crippen LogP contribution in [-0.2, 0) is 14.6 Å². The van der Waals surface area contributed by atoms with Crippen molar-refractivity contribution < 1.29 is 22.4 Å². The maximum Gasteiger partial charge on any atom is 0.322 e. The molecule has 0 saturated carbocycles. The molecule has 0 unspecified atom stereocenters. The highest BCUT2D eigenvalue weighted by atomic mass is 35.5. The van der Waals surface area contributed by atoms with Crippen LogP contribution < -0.4 is 10.1 Å². The summed E-state index contributed by atoms with van der Waals surface area (Å²) in [5.74, 6) is 0.0264. The van der Waals surface area contributed by atoms with Gasteiger partial charge in [-0.05, 0) is 48.9 Å². The topological polar surface area (TPSA) is 111 Å². The van der Waals surface area contributed by atoms with Crippen molar-refractivity contribution in [2.75, 3.05) is 18.2 Å². The number of rotatable bonds is 8. The third-order valence-corrected chi connectivity index (χ3v) is 6.45. The van der Waals surface area contributed by atoms with E-state index in [-0.39, 0.29) is 35.4 Å². The Morgan fingerprint density at radius 3 is 2.57 bits per heavy atom. The lowest BCUT2D eigenvalue weighted by Crippen LogP contribution is -2.14. The van der Waals surface area contributed by atoms with E-state index in [4.69, 9.17) is 32.4 Å². The van der Waals surface area contributed by atoms with Crippen LogP contribution in [0.25, 0.3) is 11.5 Å². The Kier molecular flexibility index (Phi) is 6.96. The van der Waals surface area contributed by atoms with Crippen LogP contribution in [-0.4, -0.2) is 37.4 Å². The van der Waals surface area contributed by atoms with Crippen LogP contribution in [0.5, 0.6) is 5.75 Å². The second kappa shape index (κ2) is 9.46. The van der Waals surface area contributed by atoms with Gasteiger partial charge in [-0.2, -0.15) is 0 Å². The number of nitrogens with zero attached hydrogens (tertiary/aromatic N) is 2.